The van der Waals surface area contributed by atoms with Crippen LogP contribution >= 0.6 is 11.3 Å². The number of ether oxygens (including phenoxy) is 1. The molecule has 26 heavy (non-hydrogen) atoms. The summed E-state index contributed by atoms with van der Waals surface area (Å²) >= 11 is 1.71. The van der Waals surface area contributed by atoms with Crippen LogP contribution in [0.25, 0.3) is 22.4 Å². The van der Waals surface area contributed by atoms with E-state index in [-0.39, 0.29) is 0 Å². The van der Waals surface area contributed by atoms with Gasteiger partial charge in [0.05, 0.1) is 18.8 Å². The van der Waals surface area contributed by atoms with Crippen molar-refractivity contribution in [1.82, 2.24) is 4.98 Å². The van der Waals surface area contributed by atoms with Crippen LogP contribution in [0.4, 0.5) is 5.13 Å². The third-order valence-electron chi connectivity index (χ3n) is 6.26. The molecule has 1 aromatic carbocycles. The zero-order valence-corrected chi connectivity index (χ0v) is 15.5. The molecule has 2 aliphatic heterocycles. The molecule has 3 aromatic rings. The lowest BCUT2D eigenvalue weighted by Crippen LogP contribution is -2.36. The number of benzene rings is 1. The third-order valence-corrected chi connectivity index (χ3v) is 7.14. The highest BCUT2D eigenvalue weighted by atomic mass is 32.1. The molecule has 4 nitrogen and oxygen atoms in total. The van der Waals surface area contributed by atoms with Crippen molar-refractivity contribution in [3.8, 4) is 11.5 Å². The second kappa shape index (κ2) is 5.83. The van der Waals surface area contributed by atoms with E-state index in [2.05, 4.69) is 34.5 Å². The van der Waals surface area contributed by atoms with Crippen LogP contribution in [0.3, 0.4) is 0 Å². The van der Waals surface area contributed by atoms with E-state index in [4.69, 9.17) is 14.1 Å². The van der Waals surface area contributed by atoms with Crippen LogP contribution in [-0.2, 0) is 4.74 Å². The molecular formula is C21H22N2O2S. The molecule has 0 N–H and O–H groups in total. The highest BCUT2D eigenvalue weighted by Crippen LogP contribution is 2.39. The number of morpholine rings is 1. The maximum atomic E-state index is 6.11. The predicted octanol–water partition coefficient (Wildman–Crippen LogP) is 5.19. The Morgan fingerprint density at radius 2 is 2.08 bits per heavy atom. The van der Waals surface area contributed by atoms with Gasteiger partial charge in [0.1, 0.15) is 11.3 Å². The summed E-state index contributed by atoms with van der Waals surface area (Å²) in [5.74, 6) is 1.61. The Balaban J connectivity index is 1.30. The monoisotopic (exact) mass is 366 g/mol. The van der Waals surface area contributed by atoms with Gasteiger partial charge in [-0.15, -0.1) is 11.3 Å². The molecule has 4 heterocycles. The zero-order valence-electron chi connectivity index (χ0n) is 14.7. The van der Waals surface area contributed by atoms with E-state index >= 15 is 0 Å². The maximum absolute atomic E-state index is 6.11. The van der Waals surface area contributed by atoms with Gasteiger partial charge in [-0.1, -0.05) is 18.9 Å². The average molecular weight is 366 g/mol. The summed E-state index contributed by atoms with van der Waals surface area (Å²) in [7, 11) is 0. The van der Waals surface area contributed by atoms with E-state index in [9.17, 15) is 0 Å². The number of anilines is 1. The Labute approximate surface area is 156 Å². The fraction of sp³-hybridized carbons (Fsp3) is 0.476. The van der Waals surface area contributed by atoms with Crippen molar-refractivity contribution in [3.63, 3.8) is 0 Å². The topological polar surface area (TPSA) is 38.5 Å². The number of furan rings is 1. The standard InChI is InChI=1S/C21H22N2O2S/c1-2-4-13(3-1)14-5-6-19-15(7-14)8-20(25-19)18-12-26-21(22-18)23-10-17-9-16(23)11-24-17/h5-8,12-13,16-17H,1-4,9-11H2. The Morgan fingerprint density at radius 1 is 1.15 bits per heavy atom. The lowest BCUT2D eigenvalue weighted by Gasteiger charge is -2.25. The number of hydrogen-bond donors (Lipinski definition) is 0. The summed E-state index contributed by atoms with van der Waals surface area (Å²) in [5, 5.41) is 4.42. The molecule has 2 unspecified atom stereocenters. The molecular weight excluding hydrogens is 344 g/mol. The number of hydrogen-bond acceptors (Lipinski definition) is 5. The maximum Gasteiger partial charge on any atom is 0.186 e. The van der Waals surface area contributed by atoms with Gasteiger partial charge in [-0.05, 0) is 48.9 Å². The zero-order chi connectivity index (χ0) is 17.1. The summed E-state index contributed by atoms with van der Waals surface area (Å²) in [6.45, 7) is 1.82. The Morgan fingerprint density at radius 3 is 2.88 bits per heavy atom. The summed E-state index contributed by atoms with van der Waals surface area (Å²) in [5.41, 5.74) is 3.38. The summed E-state index contributed by atoms with van der Waals surface area (Å²) in [6.07, 6.45) is 6.92. The first-order chi connectivity index (χ1) is 12.8. The normalized spacial score (nSPS) is 25.8. The fourth-order valence-electron chi connectivity index (χ4n) is 4.84. The second-order valence-electron chi connectivity index (χ2n) is 7.90. The van der Waals surface area contributed by atoms with Crippen molar-refractivity contribution < 1.29 is 9.15 Å². The number of rotatable bonds is 3. The average Bonchev–Trinajstić information content (AvgIpc) is 3.49. The van der Waals surface area contributed by atoms with Crippen molar-refractivity contribution in [2.75, 3.05) is 18.1 Å². The Kier molecular flexibility index (Phi) is 3.41. The Hall–Kier alpha value is -1.85. The van der Waals surface area contributed by atoms with Gasteiger partial charge in [0, 0.05) is 17.3 Å². The number of nitrogens with zero attached hydrogens (tertiary/aromatic N) is 2. The summed E-state index contributed by atoms with van der Waals surface area (Å²) < 4.78 is 11.8. The molecule has 134 valence electrons. The van der Waals surface area contributed by atoms with Gasteiger partial charge in [0.2, 0.25) is 0 Å². The van der Waals surface area contributed by atoms with Gasteiger partial charge >= 0.3 is 0 Å². The van der Waals surface area contributed by atoms with Crippen LogP contribution in [0, 0.1) is 0 Å². The molecule has 2 aromatic heterocycles. The first-order valence-electron chi connectivity index (χ1n) is 9.71. The minimum Gasteiger partial charge on any atom is -0.454 e. The van der Waals surface area contributed by atoms with Crippen molar-refractivity contribution >= 4 is 27.4 Å². The molecule has 0 spiro atoms. The summed E-state index contributed by atoms with van der Waals surface area (Å²) in [6, 6.07) is 9.37. The largest absolute Gasteiger partial charge is 0.454 e. The number of fused-ring (bicyclic) bond motifs is 3. The Bertz CT molecular complexity index is 956. The van der Waals surface area contributed by atoms with Crippen molar-refractivity contribution in [3.05, 3.63) is 35.2 Å². The highest BCUT2D eigenvalue weighted by molar-refractivity contribution is 7.14. The van der Waals surface area contributed by atoms with E-state index < -0.39 is 0 Å². The van der Waals surface area contributed by atoms with Crippen LogP contribution in [0.1, 0.15) is 43.6 Å². The van der Waals surface area contributed by atoms with Gasteiger partial charge < -0.3 is 14.1 Å². The third kappa shape index (κ3) is 2.41. The van der Waals surface area contributed by atoms with Crippen LogP contribution in [-0.4, -0.2) is 30.3 Å². The van der Waals surface area contributed by atoms with Gasteiger partial charge in [0.25, 0.3) is 0 Å². The quantitative estimate of drug-likeness (QED) is 0.639. The van der Waals surface area contributed by atoms with Crippen LogP contribution in [0.5, 0.6) is 0 Å². The van der Waals surface area contributed by atoms with Gasteiger partial charge in [-0.25, -0.2) is 4.98 Å². The molecule has 5 heteroatoms. The minimum atomic E-state index is 0.396. The van der Waals surface area contributed by atoms with Gasteiger partial charge in [-0.2, -0.15) is 0 Å². The van der Waals surface area contributed by atoms with E-state index in [1.165, 1.54) is 36.6 Å². The number of aromatic nitrogens is 1. The van der Waals surface area contributed by atoms with E-state index in [0.717, 1.165) is 47.7 Å². The molecule has 2 atom stereocenters. The van der Waals surface area contributed by atoms with E-state index in [1.54, 1.807) is 11.3 Å². The lowest BCUT2D eigenvalue weighted by molar-refractivity contribution is 0.0991. The SMILES string of the molecule is c1cc2oc(-c3csc(N4CC5CC4CO5)n3)cc2cc1C1CCCC1. The van der Waals surface area contributed by atoms with E-state index in [0.29, 0.717) is 12.1 Å². The first kappa shape index (κ1) is 15.2. The van der Waals surface area contributed by atoms with Crippen LogP contribution in [0.2, 0.25) is 0 Å². The molecule has 3 fully saturated rings. The van der Waals surface area contributed by atoms with Crippen molar-refractivity contribution in [1.29, 1.82) is 0 Å². The molecule has 2 saturated heterocycles. The number of thiazole rings is 1. The first-order valence-corrected chi connectivity index (χ1v) is 10.6. The molecule has 0 radical (unpaired) electrons. The molecule has 2 bridgehead atoms. The second-order valence-corrected chi connectivity index (χ2v) is 8.74. The molecule has 3 aliphatic rings. The molecule has 1 aliphatic carbocycles. The summed E-state index contributed by atoms with van der Waals surface area (Å²) in [4.78, 5) is 7.28. The van der Waals surface area contributed by atoms with Gasteiger partial charge in [-0.3, -0.25) is 0 Å². The van der Waals surface area contributed by atoms with Crippen LogP contribution in [0.15, 0.2) is 34.1 Å². The predicted molar refractivity (Wildman–Crippen MR) is 104 cm³/mol. The van der Waals surface area contributed by atoms with E-state index in [1.807, 2.05) is 0 Å². The molecule has 6 rings (SSSR count). The van der Waals surface area contributed by atoms with Crippen molar-refractivity contribution in [2.24, 2.45) is 0 Å². The van der Waals surface area contributed by atoms with Crippen molar-refractivity contribution in [2.45, 2.75) is 50.2 Å². The van der Waals surface area contributed by atoms with Crippen LogP contribution < -0.4 is 4.90 Å². The molecule has 0 amide bonds. The molecule has 1 saturated carbocycles. The smallest absolute Gasteiger partial charge is 0.186 e. The minimum absolute atomic E-state index is 0.396. The lowest BCUT2D eigenvalue weighted by atomic mass is 9.97. The van der Waals surface area contributed by atoms with Gasteiger partial charge in [0.15, 0.2) is 10.9 Å². The fourth-order valence-corrected chi connectivity index (χ4v) is 5.74. The highest BCUT2D eigenvalue weighted by Gasteiger charge is 2.40.